The summed E-state index contributed by atoms with van der Waals surface area (Å²) in [4.78, 5) is 12.3. The summed E-state index contributed by atoms with van der Waals surface area (Å²) in [6.07, 6.45) is 0. The van der Waals surface area contributed by atoms with Crippen LogP contribution in [-0.2, 0) is 5.54 Å². The summed E-state index contributed by atoms with van der Waals surface area (Å²) >= 11 is 11.8. The molecule has 0 radical (unpaired) electrons. The Labute approximate surface area is 156 Å². The first kappa shape index (κ1) is 19.1. The van der Waals surface area contributed by atoms with Gasteiger partial charge in [0.05, 0.1) is 21.3 Å². The molecule has 7 heteroatoms. The quantitative estimate of drug-likeness (QED) is 0.385. The summed E-state index contributed by atoms with van der Waals surface area (Å²) in [5, 5.41) is 18.6. The predicted octanol–water partition coefficient (Wildman–Crippen LogP) is 5.25. The number of rotatable bonds is 4. The van der Waals surface area contributed by atoms with Gasteiger partial charge in [0.1, 0.15) is 0 Å². The third-order valence-corrected chi connectivity index (χ3v) is 4.49. The van der Waals surface area contributed by atoms with E-state index in [0.717, 1.165) is 11.1 Å². The third-order valence-electron chi connectivity index (χ3n) is 3.76. The van der Waals surface area contributed by atoms with Crippen molar-refractivity contribution in [3.8, 4) is 0 Å². The second kappa shape index (κ2) is 7.76. The van der Waals surface area contributed by atoms with E-state index >= 15 is 0 Å². The zero-order valence-corrected chi connectivity index (χ0v) is 15.6. The number of oxime groups is 1. The highest BCUT2D eigenvalue weighted by atomic mass is 35.5. The zero-order chi connectivity index (χ0) is 18.6. The molecule has 2 rings (SSSR count). The van der Waals surface area contributed by atoms with Crippen LogP contribution in [0, 0.1) is 0 Å². The molecule has 0 unspecified atom stereocenters. The maximum Gasteiger partial charge on any atom is 0.319 e. The van der Waals surface area contributed by atoms with Gasteiger partial charge in [-0.25, -0.2) is 4.79 Å². The van der Waals surface area contributed by atoms with E-state index in [1.165, 1.54) is 0 Å². The summed E-state index contributed by atoms with van der Waals surface area (Å²) in [6, 6.07) is 11.9. The van der Waals surface area contributed by atoms with Gasteiger partial charge in [-0.1, -0.05) is 46.6 Å². The van der Waals surface area contributed by atoms with Crippen molar-refractivity contribution < 1.29 is 10.0 Å². The fourth-order valence-electron chi connectivity index (χ4n) is 2.28. The Bertz CT molecular complexity index is 820. The first-order valence-electron chi connectivity index (χ1n) is 7.57. The van der Waals surface area contributed by atoms with Gasteiger partial charge in [-0.05, 0) is 56.2 Å². The van der Waals surface area contributed by atoms with Crippen molar-refractivity contribution in [1.82, 2.24) is 5.32 Å². The van der Waals surface area contributed by atoms with Gasteiger partial charge in [0, 0.05) is 5.69 Å². The van der Waals surface area contributed by atoms with Gasteiger partial charge in [-0.3, -0.25) is 0 Å². The molecule has 0 heterocycles. The van der Waals surface area contributed by atoms with Crippen LogP contribution in [-0.4, -0.2) is 17.0 Å². The number of urea groups is 1. The molecule has 2 amide bonds. The van der Waals surface area contributed by atoms with Crippen molar-refractivity contribution in [2.45, 2.75) is 26.3 Å². The number of nitrogens with zero attached hydrogens (tertiary/aromatic N) is 1. The highest BCUT2D eigenvalue weighted by Crippen LogP contribution is 2.26. The highest BCUT2D eigenvalue weighted by molar-refractivity contribution is 6.42. The number of hydrogen-bond donors (Lipinski definition) is 3. The van der Waals surface area contributed by atoms with Crippen LogP contribution in [0.15, 0.2) is 47.6 Å². The Balaban J connectivity index is 2.14. The van der Waals surface area contributed by atoms with Crippen LogP contribution in [0.4, 0.5) is 10.5 Å². The van der Waals surface area contributed by atoms with E-state index in [0.29, 0.717) is 21.4 Å². The van der Waals surface area contributed by atoms with Gasteiger partial charge in [0.2, 0.25) is 0 Å². The Morgan fingerprint density at radius 2 is 1.84 bits per heavy atom. The Morgan fingerprint density at radius 1 is 1.12 bits per heavy atom. The molecule has 2 aromatic carbocycles. The average Bonchev–Trinajstić information content (AvgIpc) is 2.57. The van der Waals surface area contributed by atoms with E-state index in [1.54, 1.807) is 25.1 Å². The van der Waals surface area contributed by atoms with E-state index in [2.05, 4.69) is 15.8 Å². The van der Waals surface area contributed by atoms with Crippen LogP contribution in [0.1, 0.15) is 31.9 Å². The summed E-state index contributed by atoms with van der Waals surface area (Å²) < 4.78 is 0. The van der Waals surface area contributed by atoms with Crippen LogP contribution < -0.4 is 10.6 Å². The first-order valence-corrected chi connectivity index (χ1v) is 8.32. The molecule has 0 saturated carbocycles. The number of benzene rings is 2. The van der Waals surface area contributed by atoms with Crippen molar-refractivity contribution in [2.24, 2.45) is 5.16 Å². The maximum atomic E-state index is 12.3. The fourth-order valence-corrected chi connectivity index (χ4v) is 2.58. The lowest BCUT2D eigenvalue weighted by atomic mass is 9.92. The van der Waals surface area contributed by atoms with Gasteiger partial charge >= 0.3 is 6.03 Å². The molecule has 0 spiro atoms. The largest absolute Gasteiger partial charge is 0.411 e. The fraction of sp³-hybridized carbons (Fsp3) is 0.222. The summed E-state index contributed by atoms with van der Waals surface area (Å²) in [6.45, 7) is 5.47. The number of nitrogens with one attached hydrogen (secondary N) is 2. The first-order chi connectivity index (χ1) is 11.7. The van der Waals surface area contributed by atoms with Gasteiger partial charge in [0.25, 0.3) is 0 Å². The van der Waals surface area contributed by atoms with E-state index in [1.807, 2.05) is 38.1 Å². The summed E-state index contributed by atoms with van der Waals surface area (Å²) in [5.41, 5.74) is 2.04. The SMILES string of the molecule is C/C(=N\O)c1cccc(C(C)(C)NC(=O)Nc2ccc(Cl)c(Cl)c2)c1. The molecule has 5 nitrogen and oxygen atoms in total. The van der Waals surface area contributed by atoms with Gasteiger partial charge < -0.3 is 15.8 Å². The van der Waals surface area contributed by atoms with Crippen molar-refractivity contribution in [1.29, 1.82) is 0 Å². The zero-order valence-electron chi connectivity index (χ0n) is 14.1. The summed E-state index contributed by atoms with van der Waals surface area (Å²) in [7, 11) is 0. The monoisotopic (exact) mass is 379 g/mol. The molecule has 25 heavy (non-hydrogen) atoms. The number of hydrogen-bond acceptors (Lipinski definition) is 3. The molecule has 2 aromatic rings. The van der Waals surface area contributed by atoms with E-state index < -0.39 is 5.54 Å². The van der Waals surface area contributed by atoms with Gasteiger partial charge in [0.15, 0.2) is 0 Å². The van der Waals surface area contributed by atoms with Crippen LogP contribution in [0.2, 0.25) is 10.0 Å². The topological polar surface area (TPSA) is 73.7 Å². The van der Waals surface area contributed by atoms with E-state index in [9.17, 15) is 4.79 Å². The molecule has 0 atom stereocenters. The Kier molecular flexibility index (Phi) is 5.93. The van der Waals surface area contributed by atoms with Crippen molar-refractivity contribution >= 4 is 40.6 Å². The number of carbonyl (C=O) groups is 1. The van der Waals surface area contributed by atoms with Crippen molar-refractivity contribution in [3.63, 3.8) is 0 Å². The molecule has 0 aliphatic carbocycles. The Morgan fingerprint density at radius 3 is 2.48 bits per heavy atom. The minimum absolute atomic E-state index is 0.366. The van der Waals surface area contributed by atoms with Crippen LogP contribution in [0.5, 0.6) is 0 Å². The number of anilines is 1. The molecule has 0 aliphatic heterocycles. The van der Waals surface area contributed by atoms with E-state index in [-0.39, 0.29) is 6.03 Å². The van der Waals surface area contributed by atoms with Crippen LogP contribution >= 0.6 is 23.2 Å². The lowest BCUT2D eigenvalue weighted by Crippen LogP contribution is -2.43. The summed E-state index contributed by atoms with van der Waals surface area (Å²) in [5.74, 6) is 0. The number of carbonyl (C=O) groups excluding carboxylic acids is 1. The minimum atomic E-state index is -0.647. The molecular formula is C18H19Cl2N3O2. The molecular weight excluding hydrogens is 361 g/mol. The molecule has 0 aromatic heterocycles. The number of halogens is 2. The number of amides is 2. The van der Waals surface area contributed by atoms with Crippen molar-refractivity contribution in [2.75, 3.05) is 5.32 Å². The second-order valence-corrected chi connectivity index (χ2v) is 6.91. The highest BCUT2D eigenvalue weighted by Gasteiger charge is 2.23. The average molecular weight is 380 g/mol. The van der Waals surface area contributed by atoms with Gasteiger partial charge in [-0.2, -0.15) is 0 Å². The second-order valence-electron chi connectivity index (χ2n) is 6.10. The molecule has 132 valence electrons. The van der Waals surface area contributed by atoms with E-state index in [4.69, 9.17) is 28.4 Å². The standard InChI is InChI=1S/C18H19Cl2N3O2/c1-11(23-25)12-5-4-6-13(9-12)18(2,3)22-17(24)21-14-7-8-15(19)16(20)10-14/h4-10,25H,1-3H3,(H2,21,22,24)/b23-11+. The van der Waals surface area contributed by atoms with Crippen LogP contribution in [0.3, 0.4) is 0 Å². The maximum absolute atomic E-state index is 12.3. The third kappa shape index (κ3) is 4.87. The lowest BCUT2D eigenvalue weighted by molar-refractivity contribution is 0.242. The lowest BCUT2D eigenvalue weighted by Gasteiger charge is -2.27. The molecule has 3 N–H and O–H groups in total. The molecule has 0 bridgehead atoms. The molecule has 0 fully saturated rings. The molecule has 0 saturated heterocycles. The smallest absolute Gasteiger partial charge is 0.319 e. The van der Waals surface area contributed by atoms with Crippen LogP contribution in [0.25, 0.3) is 0 Å². The molecule has 0 aliphatic rings. The Hall–Kier alpha value is -2.24. The normalized spacial score (nSPS) is 12.0. The van der Waals surface area contributed by atoms with Crippen molar-refractivity contribution in [3.05, 3.63) is 63.6 Å². The minimum Gasteiger partial charge on any atom is -0.411 e. The van der Waals surface area contributed by atoms with Gasteiger partial charge in [-0.15, -0.1) is 0 Å². The predicted molar refractivity (Wildman–Crippen MR) is 102 cm³/mol.